The predicted molar refractivity (Wildman–Crippen MR) is 69.9 cm³/mol. The molecule has 0 aliphatic rings. The summed E-state index contributed by atoms with van der Waals surface area (Å²) < 4.78 is 3.16. The summed E-state index contributed by atoms with van der Waals surface area (Å²) in [6.45, 7) is 3.14. The van der Waals surface area contributed by atoms with Crippen molar-refractivity contribution in [2.45, 2.75) is 19.8 Å². The fraction of sp³-hybridized carbons (Fsp3) is 0.417. The summed E-state index contributed by atoms with van der Waals surface area (Å²) in [5, 5.41) is 3.16. The predicted octanol–water partition coefficient (Wildman–Crippen LogP) is 2.56. The van der Waals surface area contributed by atoms with Crippen LogP contribution in [0.3, 0.4) is 0 Å². The first-order valence-electron chi connectivity index (χ1n) is 5.51. The maximum atomic E-state index is 4.57. The van der Waals surface area contributed by atoms with Crippen LogP contribution in [0.2, 0.25) is 0 Å². The van der Waals surface area contributed by atoms with Crippen molar-refractivity contribution in [3.63, 3.8) is 0 Å². The van der Waals surface area contributed by atoms with Gasteiger partial charge in [-0.3, -0.25) is 4.40 Å². The summed E-state index contributed by atoms with van der Waals surface area (Å²) >= 11 is 3.51. The van der Waals surface area contributed by atoms with Crippen LogP contribution in [0.4, 0.5) is 0 Å². The largest absolute Gasteiger partial charge is 0.320 e. The van der Waals surface area contributed by atoms with Crippen LogP contribution in [0.1, 0.15) is 17.9 Å². The number of imidazole rings is 1. The van der Waals surface area contributed by atoms with E-state index >= 15 is 0 Å². The van der Waals surface area contributed by atoms with E-state index in [1.807, 2.05) is 7.05 Å². The fourth-order valence-corrected chi connectivity index (χ4v) is 2.45. The lowest BCUT2D eigenvalue weighted by atomic mass is 10.3. The van der Waals surface area contributed by atoms with Crippen molar-refractivity contribution in [1.29, 1.82) is 0 Å². The van der Waals surface area contributed by atoms with Crippen molar-refractivity contribution >= 4 is 21.4 Å². The molecule has 16 heavy (non-hydrogen) atoms. The number of rotatable bonds is 4. The molecule has 0 saturated carbocycles. The van der Waals surface area contributed by atoms with E-state index in [0.717, 1.165) is 35.3 Å². The Hall–Kier alpha value is -0.870. The maximum absolute atomic E-state index is 4.57. The Bertz CT molecular complexity index is 490. The highest BCUT2D eigenvalue weighted by molar-refractivity contribution is 9.10. The first-order chi connectivity index (χ1) is 7.74. The Morgan fingerprint density at radius 1 is 1.44 bits per heavy atom. The average Bonchev–Trinajstić information content (AvgIpc) is 2.58. The van der Waals surface area contributed by atoms with Gasteiger partial charge in [0.15, 0.2) is 0 Å². The molecule has 86 valence electrons. The maximum Gasteiger partial charge on any atom is 0.132 e. The number of nitrogens with zero attached hydrogens (tertiary/aromatic N) is 2. The molecule has 0 aliphatic carbocycles. The van der Waals surface area contributed by atoms with E-state index in [1.165, 1.54) is 5.69 Å². The van der Waals surface area contributed by atoms with Gasteiger partial charge in [0, 0.05) is 12.1 Å². The van der Waals surface area contributed by atoms with Crippen LogP contribution in [0.15, 0.2) is 22.8 Å². The smallest absolute Gasteiger partial charge is 0.132 e. The lowest BCUT2D eigenvalue weighted by Crippen LogP contribution is -2.09. The highest BCUT2D eigenvalue weighted by Gasteiger charge is 2.09. The fourth-order valence-electron chi connectivity index (χ4n) is 1.93. The zero-order chi connectivity index (χ0) is 11.5. The van der Waals surface area contributed by atoms with Crippen LogP contribution in [0.25, 0.3) is 5.52 Å². The van der Waals surface area contributed by atoms with Gasteiger partial charge in [-0.1, -0.05) is 6.07 Å². The highest BCUT2D eigenvalue weighted by atomic mass is 79.9. The highest BCUT2D eigenvalue weighted by Crippen LogP contribution is 2.21. The molecule has 4 heteroatoms. The van der Waals surface area contributed by atoms with Gasteiger partial charge in [-0.25, -0.2) is 4.98 Å². The summed E-state index contributed by atoms with van der Waals surface area (Å²) in [7, 11) is 1.98. The van der Waals surface area contributed by atoms with Crippen molar-refractivity contribution in [2.75, 3.05) is 13.6 Å². The first kappa shape index (κ1) is 11.6. The number of aryl methyl sites for hydroxylation is 2. The number of nitrogens with one attached hydrogen (secondary N) is 1. The summed E-state index contributed by atoms with van der Waals surface area (Å²) in [5.74, 6) is 1.13. The summed E-state index contributed by atoms with van der Waals surface area (Å²) in [5.41, 5.74) is 2.38. The zero-order valence-electron chi connectivity index (χ0n) is 9.63. The number of halogens is 1. The van der Waals surface area contributed by atoms with Gasteiger partial charge in [-0.15, -0.1) is 0 Å². The van der Waals surface area contributed by atoms with Crippen molar-refractivity contribution in [3.8, 4) is 0 Å². The topological polar surface area (TPSA) is 29.3 Å². The summed E-state index contributed by atoms with van der Waals surface area (Å²) in [6.07, 6.45) is 2.11. The van der Waals surface area contributed by atoms with E-state index in [1.54, 1.807) is 0 Å². The van der Waals surface area contributed by atoms with Crippen LogP contribution in [-0.2, 0) is 6.42 Å². The van der Waals surface area contributed by atoms with E-state index in [4.69, 9.17) is 0 Å². The minimum Gasteiger partial charge on any atom is -0.320 e. The molecule has 0 bridgehead atoms. The molecule has 1 N–H and O–H groups in total. The van der Waals surface area contributed by atoms with E-state index in [2.05, 4.69) is 55.8 Å². The van der Waals surface area contributed by atoms with Gasteiger partial charge in [-0.05, 0) is 55.0 Å². The Balaban J connectivity index is 2.37. The van der Waals surface area contributed by atoms with Gasteiger partial charge in [-0.2, -0.15) is 0 Å². The normalized spacial score (nSPS) is 11.2. The lowest BCUT2D eigenvalue weighted by Gasteiger charge is -2.04. The SMILES string of the molecule is CNCCCc1nc(Br)c2cccc(C)n12. The molecule has 0 radical (unpaired) electrons. The number of fused-ring (bicyclic) bond motifs is 1. The summed E-state index contributed by atoms with van der Waals surface area (Å²) in [6, 6.07) is 6.27. The van der Waals surface area contributed by atoms with Crippen molar-refractivity contribution < 1.29 is 0 Å². The molecule has 0 spiro atoms. The third kappa shape index (κ3) is 2.13. The molecule has 0 aliphatic heterocycles. The Morgan fingerprint density at radius 3 is 3.00 bits per heavy atom. The molecule has 2 aromatic heterocycles. The molecule has 2 heterocycles. The van der Waals surface area contributed by atoms with Gasteiger partial charge < -0.3 is 5.32 Å². The van der Waals surface area contributed by atoms with Crippen LogP contribution >= 0.6 is 15.9 Å². The van der Waals surface area contributed by atoms with Gasteiger partial charge in [0.2, 0.25) is 0 Å². The lowest BCUT2D eigenvalue weighted by molar-refractivity contribution is 0.698. The monoisotopic (exact) mass is 281 g/mol. The molecule has 0 fully saturated rings. The second-order valence-electron chi connectivity index (χ2n) is 3.91. The van der Waals surface area contributed by atoms with E-state index < -0.39 is 0 Å². The third-order valence-electron chi connectivity index (χ3n) is 2.71. The molecular weight excluding hydrogens is 266 g/mol. The number of pyridine rings is 1. The van der Waals surface area contributed by atoms with Gasteiger partial charge >= 0.3 is 0 Å². The van der Waals surface area contributed by atoms with Crippen molar-refractivity contribution in [3.05, 3.63) is 34.3 Å². The number of hydrogen-bond acceptors (Lipinski definition) is 2. The van der Waals surface area contributed by atoms with E-state index in [-0.39, 0.29) is 0 Å². The van der Waals surface area contributed by atoms with E-state index in [9.17, 15) is 0 Å². The Morgan fingerprint density at radius 2 is 2.25 bits per heavy atom. The molecule has 2 aromatic rings. The molecule has 3 nitrogen and oxygen atoms in total. The van der Waals surface area contributed by atoms with Gasteiger partial charge in [0.05, 0.1) is 5.52 Å². The Kier molecular flexibility index (Phi) is 3.61. The first-order valence-corrected chi connectivity index (χ1v) is 6.30. The number of aromatic nitrogens is 2. The summed E-state index contributed by atoms with van der Waals surface area (Å²) in [4.78, 5) is 4.57. The second-order valence-corrected chi connectivity index (χ2v) is 4.66. The zero-order valence-corrected chi connectivity index (χ0v) is 11.2. The molecule has 2 rings (SSSR count). The average molecular weight is 282 g/mol. The van der Waals surface area contributed by atoms with Gasteiger partial charge in [0.1, 0.15) is 10.4 Å². The second kappa shape index (κ2) is 4.97. The van der Waals surface area contributed by atoms with E-state index in [0.29, 0.717) is 0 Å². The van der Waals surface area contributed by atoms with Crippen molar-refractivity contribution in [2.24, 2.45) is 0 Å². The molecule has 0 amide bonds. The quantitative estimate of drug-likeness (QED) is 0.873. The van der Waals surface area contributed by atoms with Crippen molar-refractivity contribution in [1.82, 2.24) is 14.7 Å². The number of hydrogen-bond donors (Lipinski definition) is 1. The molecule has 0 saturated heterocycles. The minimum atomic E-state index is 0.940. The minimum absolute atomic E-state index is 0.940. The van der Waals surface area contributed by atoms with Crippen LogP contribution in [0.5, 0.6) is 0 Å². The third-order valence-corrected chi connectivity index (χ3v) is 3.29. The molecule has 0 aromatic carbocycles. The van der Waals surface area contributed by atoms with Crippen LogP contribution in [0, 0.1) is 6.92 Å². The molecule has 0 unspecified atom stereocenters. The molecule has 0 atom stereocenters. The standard InChI is InChI=1S/C12H16BrN3/c1-9-5-3-6-10-12(13)15-11(16(9)10)7-4-8-14-2/h3,5-6,14H,4,7-8H2,1-2H3. The van der Waals surface area contributed by atoms with Crippen LogP contribution < -0.4 is 5.32 Å². The van der Waals surface area contributed by atoms with Crippen LogP contribution in [-0.4, -0.2) is 23.0 Å². The molecular formula is C12H16BrN3. The Labute approximate surface area is 104 Å². The van der Waals surface area contributed by atoms with Gasteiger partial charge in [0.25, 0.3) is 0 Å².